The van der Waals surface area contributed by atoms with Crippen LogP contribution in [0, 0.1) is 10.1 Å². The summed E-state index contributed by atoms with van der Waals surface area (Å²) >= 11 is 2.86. The van der Waals surface area contributed by atoms with Gasteiger partial charge >= 0.3 is 0 Å². The number of fused-ring (bicyclic) bond motifs is 3. The molecule has 0 aromatic carbocycles. The van der Waals surface area contributed by atoms with Gasteiger partial charge in [-0.25, -0.2) is 9.97 Å². The highest BCUT2D eigenvalue weighted by Gasteiger charge is 2.26. The molecule has 5 rings (SSSR count). The molecule has 2 aliphatic rings. The second-order valence-corrected chi connectivity index (χ2v) is 9.27. The van der Waals surface area contributed by atoms with Crippen molar-refractivity contribution in [2.24, 2.45) is 0 Å². The van der Waals surface area contributed by atoms with E-state index in [1.54, 1.807) is 22.0 Å². The maximum absolute atomic E-state index is 13.4. The Bertz CT molecular complexity index is 1150. The SMILES string of the molecule is O=c1c2c3c(sc2nc(Sc2ccc([N+](=O)[O-])cn2)n1CC1CCCO1)CCC3. The van der Waals surface area contributed by atoms with Crippen molar-refractivity contribution in [1.82, 2.24) is 14.5 Å². The third-order valence-electron chi connectivity index (χ3n) is 5.33. The molecule has 1 unspecified atom stereocenters. The first kappa shape index (κ1) is 18.7. The van der Waals surface area contributed by atoms with Crippen molar-refractivity contribution in [2.45, 2.75) is 54.9 Å². The van der Waals surface area contributed by atoms with Crippen LogP contribution in [0.5, 0.6) is 0 Å². The van der Waals surface area contributed by atoms with Crippen LogP contribution in [0.15, 0.2) is 33.3 Å². The van der Waals surface area contributed by atoms with Gasteiger partial charge in [0.2, 0.25) is 0 Å². The highest BCUT2D eigenvalue weighted by Crippen LogP contribution is 2.36. The number of thiophene rings is 1. The summed E-state index contributed by atoms with van der Waals surface area (Å²) in [6, 6.07) is 3.00. The lowest BCUT2D eigenvalue weighted by molar-refractivity contribution is -0.385. The number of aromatic nitrogens is 3. The minimum absolute atomic E-state index is 0.00260. The van der Waals surface area contributed by atoms with Crippen LogP contribution in [0.4, 0.5) is 5.69 Å². The fourth-order valence-corrected chi connectivity index (χ4v) is 6.07. The number of hydrogen-bond donors (Lipinski definition) is 0. The van der Waals surface area contributed by atoms with Gasteiger partial charge in [0, 0.05) is 17.6 Å². The molecule has 0 amide bonds. The van der Waals surface area contributed by atoms with Gasteiger partial charge < -0.3 is 4.74 Å². The molecule has 10 heteroatoms. The number of hydrogen-bond acceptors (Lipinski definition) is 8. The lowest BCUT2D eigenvalue weighted by Crippen LogP contribution is -2.28. The van der Waals surface area contributed by atoms with E-state index in [9.17, 15) is 14.9 Å². The van der Waals surface area contributed by atoms with E-state index in [2.05, 4.69) is 4.98 Å². The van der Waals surface area contributed by atoms with Gasteiger partial charge in [-0.3, -0.25) is 19.5 Å². The number of rotatable bonds is 5. The molecule has 1 fully saturated rings. The molecular weight excluding hydrogens is 412 g/mol. The van der Waals surface area contributed by atoms with Crippen LogP contribution >= 0.6 is 23.1 Å². The topological polar surface area (TPSA) is 100 Å². The van der Waals surface area contributed by atoms with Gasteiger partial charge in [-0.15, -0.1) is 11.3 Å². The molecule has 4 heterocycles. The zero-order valence-electron chi connectivity index (χ0n) is 15.5. The Balaban J connectivity index is 1.58. The zero-order valence-corrected chi connectivity index (χ0v) is 17.1. The number of pyridine rings is 1. The van der Waals surface area contributed by atoms with E-state index in [1.807, 2.05) is 0 Å². The second kappa shape index (κ2) is 7.51. The van der Waals surface area contributed by atoms with E-state index in [-0.39, 0.29) is 17.4 Å². The van der Waals surface area contributed by atoms with Crippen molar-refractivity contribution in [1.29, 1.82) is 0 Å². The largest absolute Gasteiger partial charge is 0.376 e. The molecule has 29 heavy (non-hydrogen) atoms. The van der Waals surface area contributed by atoms with Crippen LogP contribution in [-0.2, 0) is 24.1 Å². The zero-order chi connectivity index (χ0) is 20.0. The molecule has 0 radical (unpaired) electrons. The Kier molecular flexibility index (Phi) is 4.84. The predicted octanol–water partition coefficient (Wildman–Crippen LogP) is 3.58. The molecule has 0 spiro atoms. The Hall–Kier alpha value is -2.30. The van der Waals surface area contributed by atoms with E-state index in [1.165, 1.54) is 28.9 Å². The molecule has 0 N–H and O–H groups in total. The minimum Gasteiger partial charge on any atom is -0.376 e. The summed E-state index contributed by atoms with van der Waals surface area (Å²) in [4.78, 5) is 34.8. The summed E-state index contributed by atoms with van der Waals surface area (Å²) < 4.78 is 7.47. The first-order chi connectivity index (χ1) is 14.1. The summed E-state index contributed by atoms with van der Waals surface area (Å²) in [6.07, 6.45) is 6.18. The molecule has 150 valence electrons. The highest BCUT2D eigenvalue weighted by atomic mass is 32.2. The fraction of sp³-hybridized carbons (Fsp3) is 0.421. The average Bonchev–Trinajstić information content (AvgIpc) is 3.42. The van der Waals surface area contributed by atoms with Crippen molar-refractivity contribution in [3.8, 4) is 0 Å². The lowest BCUT2D eigenvalue weighted by atomic mass is 10.2. The lowest BCUT2D eigenvalue weighted by Gasteiger charge is -2.15. The Morgan fingerprint density at radius 2 is 2.24 bits per heavy atom. The van der Waals surface area contributed by atoms with E-state index < -0.39 is 4.92 Å². The van der Waals surface area contributed by atoms with E-state index in [0.29, 0.717) is 16.7 Å². The summed E-state index contributed by atoms with van der Waals surface area (Å²) in [5, 5.41) is 12.7. The van der Waals surface area contributed by atoms with Gasteiger partial charge in [0.15, 0.2) is 5.16 Å². The van der Waals surface area contributed by atoms with Gasteiger partial charge in [0.05, 0.1) is 23.0 Å². The number of ether oxygens (including phenoxy) is 1. The van der Waals surface area contributed by atoms with Crippen molar-refractivity contribution < 1.29 is 9.66 Å². The van der Waals surface area contributed by atoms with Crippen molar-refractivity contribution in [2.75, 3.05) is 6.61 Å². The fourth-order valence-electron chi connectivity index (χ4n) is 3.92. The Labute approximate surface area is 174 Å². The summed E-state index contributed by atoms with van der Waals surface area (Å²) in [7, 11) is 0. The molecule has 1 aliphatic heterocycles. The summed E-state index contributed by atoms with van der Waals surface area (Å²) in [5.74, 6) is 0. The van der Waals surface area contributed by atoms with Crippen molar-refractivity contribution in [3.63, 3.8) is 0 Å². The van der Waals surface area contributed by atoms with Gasteiger partial charge in [0.25, 0.3) is 11.2 Å². The standard InChI is InChI=1S/C19H18N4O4S2/c24-18-16-13-4-1-5-14(13)28-17(16)21-19(22(18)10-12-3-2-8-27-12)29-15-7-6-11(9-20-15)23(25)26/h6-7,9,12H,1-5,8,10H2. The molecule has 1 atom stereocenters. The second-order valence-electron chi connectivity index (χ2n) is 7.20. The summed E-state index contributed by atoms with van der Waals surface area (Å²) in [6.45, 7) is 1.18. The number of nitro groups is 1. The van der Waals surface area contributed by atoms with Gasteiger partial charge in [-0.1, -0.05) is 0 Å². The molecule has 1 aliphatic carbocycles. The van der Waals surface area contributed by atoms with Crippen LogP contribution in [0.1, 0.15) is 29.7 Å². The Morgan fingerprint density at radius 1 is 1.34 bits per heavy atom. The van der Waals surface area contributed by atoms with Crippen LogP contribution in [0.3, 0.4) is 0 Å². The first-order valence-corrected chi connectivity index (χ1v) is 11.2. The highest BCUT2D eigenvalue weighted by molar-refractivity contribution is 7.99. The van der Waals surface area contributed by atoms with Crippen LogP contribution in [-0.4, -0.2) is 32.2 Å². The average molecular weight is 431 g/mol. The van der Waals surface area contributed by atoms with Crippen LogP contribution in [0.2, 0.25) is 0 Å². The van der Waals surface area contributed by atoms with E-state index >= 15 is 0 Å². The van der Waals surface area contributed by atoms with Crippen LogP contribution < -0.4 is 5.56 Å². The van der Waals surface area contributed by atoms with Gasteiger partial charge in [-0.05, 0) is 55.5 Å². The monoisotopic (exact) mass is 430 g/mol. The molecule has 0 bridgehead atoms. The van der Waals surface area contributed by atoms with Gasteiger partial charge in [-0.2, -0.15) is 0 Å². The molecule has 8 nitrogen and oxygen atoms in total. The number of nitrogens with zero attached hydrogens (tertiary/aromatic N) is 4. The smallest absolute Gasteiger partial charge is 0.287 e. The third-order valence-corrected chi connectivity index (χ3v) is 7.46. The molecule has 3 aromatic rings. The van der Waals surface area contributed by atoms with Crippen molar-refractivity contribution in [3.05, 3.63) is 49.2 Å². The van der Waals surface area contributed by atoms with Crippen molar-refractivity contribution >= 4 is 39.0 Å². The Morgan fingerprint density at radius 3 is 2.97 bits per heavy atom. The molecule has 0 saturated carbocycles. The van der Waals surface area contributed by atoms with E-state index in [0.717, 1.165) is 54.5 Å². The maximum atomic E-state index is 13.4. The normalized spacial score (nSPS) is 18.4. The van der Waals surface area contributed by atoms with Gasteiger partial charge in [0.1, 0.15) is 16.1 Å². The molecular formula is C19H18N4O4S2. The predicted molar refractivity (Wildman–Crippen MR) is 110 cm³/mol. The van der Waals surface area contributed by atoms with Crippen LogP contribution in [0.25, 0.3) is 10.2 Å². The quantitative estimate of drug-likeness (QED) is 0.346. The van der Waals surface area contributed by atoms with E-state index in [4.69, 9.17) is 9.72 Å². The number of aryl methyl sites for hydroxylation is 2. The minimum atomic E-state index is -0.480. The first-order valence-electron chi connectivity index (χ1n) is 9.55. The molecule has 3 aromatic heterocycles. The molecule has 1 saturated heterocycles. The maximum Gasteiger partial charge on any atom is 0.287 e. The summed E-state index contributed by atoms with van der Waals surface area (Å²) in [5.41, 5.74) is 1.08. The third kappa shape index (κ3) is 3.45.